The number of aromatic nitrogens is 2. The van der Waals surface area contributed by atoms with Crippen molar-refractivity contribution in [3.05, 3.63) is 23.8 Å². The van der Waals surface area contributed by atoms with Gasteiger partial charge in [-0.05, 0) is 26.2 Å². The van der Waals surface area contributed by atoms with Crippen LogP contribution in [0.2, 0.25) is 0 Å². The second-order valence-corrected chi connectivity index (χ2v) is 6.64. The van der Waals surface area contributed by atoms with E-state index in [4.69, 9.17) is 4.74 Å². The molecule has 0 spiro atoms. The van der Waals surface area contributed by atoms with Crippen molar-refractivity contribution in [2.24, 2.45) is 0 Å². The Morgan fingerprint density at radius 2 is 2.12 bits per heavy atom. The zero-order valence-corrected chi connectivity index (χ0v) is 14.4. The minimum absolute atomic E-state index is 0.0935. The smallest absolute Gasteiger partial charge is 0.257 e. The summed E-state index contributed by atoms with van der Waals surface area (Å²) in [4.78, 5) is 24.8. The zero-order valence-electron chi connectivity index (χ0n) is 14.4. The standard InChI is InChI=1S/C17H26N4O3/c1-12-13(10-18-11-19-12)17(23)20(2)14-4-3-5-15(16(14)22)21-6-8-24-9-7-21/h10-11,14-16,22H,3-9H2,1-2H3/t14-,15-,16-/m1/s1. The Morgan fingerprint density at radius 3 is 2.83 bits per heavy atom. The topological polar surface area (TPSA) is 78.8 Å². The summed E-state index contributed by atoms with van der Waals surface area (Å²) >= 11 is 0. The number of hydrogen-bond acceptors (Lipinski definition) is 6. The first kappa shape index (κ1) is 17.3. The number of carbonyl (C=O) groups excluding carboxylic acids is 1. The summed E-state index contributed by atoms with van der Waals surface area (Å²) in [7, 11) is 1.77. The van der Waals surface area contributed by atoms with E-state index in [1.165, 1.54) is 6.33 Å². The van der Waals surface area contributed by atoms with Gasteiger partial charge in [0, 0.05) is 32.4 Å². The summed E-state index contributed by atoms with van der Waals surface area (Å²) < 4.78 is 5.41. The van der Waals surface area contributed by atoms with E-state index < -0.39 is 6.10 Å². The first-order chi connectivity index (χ1) is 11.6. The monoisotopic (exact) mass is 334 g/mol. The van der Waals surface area contributed by atoms with E-state index in [-0.39, 0.29) is 18.0 Å². The number of aliphatic hydroxyl groups is 1. The van der Waals surface area contributed by atoms with Crippen molar-refractivity contribution in [2.75, 3.05) is 33.4 Å². The molecule has 7 heteroatoms. The minimum atomic E-state index is -0.546. The van der Waals surface area contributed by atoms with Gasteiger partial charge in [0.1, 0.15) is 6.33 Å². The number of amides is 1. The van der Waals surface area contributed by atoms with E-state index in [0.717, 1.165) is 32.4 Å². The van der Waals surface area contributed by atoms with Crippen LogP contribution in [0.25, 0.3) is 0 Å². The van der Waals surface area contributed by atoms with Crippen LogP contribution in [0.15, 0.2) is 12.5 Å². The average Bonchev–Trinajstić information content (AvgIpc) is 2.62. The van der Waals surface area contributed by atoms with E-state index in [9.17, 15) is 9.90 Å². The Hall–Kier alpha value is -1.57. The number of likely N-dealkylation sites (N-methyl/N-ethyl adjacent to an activating group) is 1. The second kappa shape index (κ2) is 7.55. The third-order valence-corrected chi connectivity index (χ3v) is 5.26. The highest BCUT2D eigenvalue weighted by Gasteiger charge is 2.39. The van der Waals surface area contributed by atoms with E-state index in [2.05, 4.69) is 14.9 Å². The van der Waals surface area contributed by atoms with Crippen LogP contribution in [0, 0.1) is 6.92 Å². The molecule has 1 saturated heterocycles. The predicted molar refractivity (Wildman–Crippen MR) is 88.7 cm³/mol. The molecule has 1 aromatic heterocycles. The van der Waals surface area contributed by atoms with Gasteiger partial charge in [0.05, 0.1) is 36.6 Å². The Balaban J connectivity index is 1.72. The van der Waals surface area contributed by atoms with Gasteiger partial charge in [0.15, 0.2) is 0 Å². The van der Waals surface area contributed by atoms with Gasteiger partial charge in [-0.1, -0.05) is 0 Å². The molecule has 1 aliphatic carbocycles. The molecule has 1 amide bonds. The van der Waals surface area contributed by atoms with Crippen molar-refractivity contribution in [2.45, 2.75) is 44.4 Å². The van der Waals surface area contributed by atoms with Gasteiger partial charge in [0.25, 0.3) is 5.91 Å². The quantitative estimate of drug-likeness (QED) is 0.866. The molecule has 2 aliphatic rings. The fourth-order valence-corrected chi connectivity index (χ4v) is 3.81. The van der Waals surface area contributed by atoms with Crippen molar-refractivity contribution in [3.8, 4) is 0 Å². The van der Waals surface area contributed by atoms with Crippen LogP contribution < -0.4 is 0 Å². The molecule has 0 radical (unpaired) electrons. The van der Waals surface area contributed by atoms with Gasteiger partial charge < -0.3 is 14.7 Å². The molecule has 2 fully saturated rings. The molecule has 3 atom stereocenters. The van der Waals surface area contributed by atoms with Crippen LogP contribution in [-0.2, 0) is 4.74 Å². The van der Waals surface area contributed by atoms with Crippen LogP contribution >= 0.6 is 0 Å². The van der Waals surface area contributed by atoms with Crippen LogP contribution in [0.3, 0.4) is 0 Å². The van der Waals surface area contributed by atoms with Gasteiger partial charge in [0.2, 0.25) is 0 Å². The molecule has 3 rings (SSSR count). The van der Waals surface area contributed by atoms with Crippen molar-refractivity contribution < 1.29 is 14.6 Å². The number of nitrogens with zero attached hydrogens (tertiary/aromatic N) is 4. The lowest BCUT2D eigenvalue weighted by molar-refractivity contribution is -0.0614. The molecule has 0 aromatic carbocycles. The lowest BCUT2D eigenvalue weighted by Gasteiger charge is -2.45. The Labute approximate surface area is 142 Å². The maximum Gasteiger partial charge on any atom is 0.257 e. The molecular formula is C17H26N4O3. The van der Waals surface area contributed by atoms with Crippen molar-refractivity contribution in [1.82, 2.24) is 19.8 Å². The summed E-state index contributed by atoms with van der Waals surface area (Å²) in [6.45, 7) is 4.92. The third kappa shape index (κ3) is 3.43. The number of hydrogen-bond donors (Lipinski definition) is 1. The summed E-state index contributed by atoms with van der Waals surface area (Å²) in [5.41, 5.74) is 1.16. The summed E-state index contributed by atoms with van der Waals surface area (Å²) in [5, 5.41) is 10.9. The number of rotatable bonds is 3. The van der Waals surface area contributed by atoms with Crippen LogP contribution in [0.4, 0.5) is 0 Å². The van der Waals surface area contributed by atoms with E-state index in [1.54, 1.807) is 25.1 Å². The normalized spacial score (nSPS) is 28.5. The average molecular weight is 334 g/mol. The highest BCUT2D eigenvalue weighted by Crippen LogP contribution is 2.28. The maximum atomic E-state index is 12.8. The molecule has 1 N–H and O–H groups in total. The van der Waals surface area contributed by atoms with Gasteiger partial charge in [-0.15, -0.1) is 0 Å². The number of aryl methyl sites for hydroxylation is 1. The minimum Gasteiger partial charge on any atom is -0.389 e. The Bertz CT molecular complexity index is 577. The molecular weight excluding hydrogens is 308 g/mol. The number of aliphatic hydroxyl groups excluding tert-OH is 1. The fraction of sp³-hybridized carbons (Fsp3) is 0.706. The number of carbonyl (C=O) groups is 1. The van der Waals surface area contributed by atoms with Crippen LogP contribution in [0.5, 0.6) is 0 Å². The highest BCUT2D eigenvalue weighted by atomic mass is 16.5. The molecule has 1 saturated carbocycles. The highest BCUT2D eigenvalue weighted by molar-refractivity contribution is 5.95. The first-order valence-electron chi connectivity index (χ1n) is 8.63. The summed E-state index contributed by atoms with van der Waals surface area (Å²) in [5.74, 6) is -0.125. The van der Waals surface area contributed by atoms with E-state index in [0.29, 0.717) is 24.5 Å². The SMILES string of the molecule is Cc1ncncc1C(=O)N(C)[C@@H]1CCC[C@@H](N2CCOCC2)[C@@H]1O. The third-order valence-electron chi connectivity index (χ3n) is 5.26. The van der Waals surface area contributed by atoms with Gasteiger partial charge >= 0.3 is 0 Å². The van der Waals surface area contributed by atoms with E-state index in [1.807, 2.05) is 0 Å². The molecule has 2 heterocycles. The lowest BCUT2D eigenvalue weighted by atomic mass is 9.86. The number of morpholine rings is 1. The van der Waals surface area contributed by atoms with Crippen molar-refractivity contribution in [1.29, 1.82) is 0 Å². The zero-order chi connectivity index (χ0) is 17.1. The second-order valence-electron chi connectivity index (χ2n) is 6.64. The fourth-order valence-electron chi connectivity index (χ4n) is 3.81. The van der Waals surface area contributed by atoms with Crippen LogP contribution in [0.1, 0.15) is 35.3 Å². The van der Waals surface area contributed by atoms with Crippen LogP contribution in [-0.4, -0.2) is 82.3 Å². The maximum absolute atomic E-state index is 12.8. The van der Waals surface area contributed by atoms with Gasteiger partial charge in [-0.2, -0.15) is 0 Å². The van der Waals surface area contributed by atoms with Gasteiger partial charge in [-0.3, -0.25) is 9.69 Å². The molecule has 132 valence electrons. The summed E-state index contributed by atoms with van der Waals surface area (Å²) in [6.07, 6.45) is 5.23. The molecule has 24 heavy (non-hydrogen) atoms. The largest absolute Gasteiger partial charge is 0.389 e. The van der Waals surface area contributed by atoms with Crippen molar-refractivity contribution in [3.63, 3.8) is 0 Å². The van der Waals surface area contributed by atoms with Crippen molar-refractivity contribution >= 4 is 5.91 Å². The number of ether oxygens (including phenoxy) is 1. The summed E-state index contributed by atoms with van der Waals surface area (Å²) in [6, 6.07) is -0.0882. The Morgan fingerprint density at radius 1 is 1.38 bits per heavy atom. The molecule has 1 aromatic rings. The lowest BCUT2D eigenvalue weighted by Crippen LogP contribution is -2.58. The molecule has 0 unspecified atom stereocenters. The molecule has 1 aliphatic heterocycles. The molecule has 0 bridgehead atoms. The first-order valence-corrected chi connectivity index (χ1v) is 8.63. The molecule has 7 nitrogen and oxygen atoms in total. The van der Waals surface area contributed by atoms with Gasteiger partial charge in [-0.25, -0.2) is 9.97 Å². The predicted octanol–water partition coefficient (Wildman–Crippen LogP) is 0.471. The van der Waals surface area contributed by atoms with E-state index >= 15 is 0 Å². The Kier molecular flexibility index (Phi) is 5.43.